The van der Waals surface area contributed by atoms with E-state index in [0.717, 1.165) is 5.56 Å². The Morgan fingerprint density at radius 3 is 2.62 bits per heavy atom. The van der Waals surface area contributed by atoms with Crippen LogP contribution in [0.3, 0.4) is 0 Å². The van der Waals surface area contributed by atoms with E-state index in [0.29, 0.717) is 23.3 Å². The summed E-state index contributed by atoms with van der Waals surface area (Å²) in [5.41, 5.74) is 1.66. The Bertz CT molecular complexity index is 1160. The van der Waals surface area contributed by atoms with Crippen molar-refractivity contribution in [1.82, 2.24) is 19.3 Å². The highest BCUT2D eigenvalue weighted by atomic mass is 19.1. The van der Waals surface area contributed by atoms with Crippen LogP contribution in [-0.4, -0.2) is 37.1 Å². The van der Waals surface area contributed by atoms with Crippen molar-refractivity contribution >= 4 is 11.0 Å². The summed E-state index contributed by atoms with van der Waals surface area (Å²) in [5, 5.41) is 14.7. The van der Waals surface area contributed by atoms with Crippen molar-refractivity contribution in [2.45, 2.75) is 19.3 Å². The Labute approximate surface area is 165 Å². The zero-order chi connectivity index (χ0) is 20.2. The summed E-state index contributed by atoms with van der Waals surface area (Å²) in [7, 11) is 0. The number of ether oxygens (including phenoxy) is 1. The molecule has 0 unspecified atom stereocenters. The second kappa shape index (κ2) is 8.34. The van der Waals surface area contributed by atoms with E-state index in [2.05, 4.69) is 10.1 Å². The Morgan fingerprint density at radius 1 is 1.10 bits per heavy atom. The number of benzene rings is 2. The molecule has 0 amide bonds. The van der Waals surface area contributed by atoms with Crippen molar-refractivity contribution in [3.05, 3.63) is 88.9 Å². The summed E-state index contributed by atoms with van der Waals surface area (Å²) < 4.78 is 21.5. The molecule has 7 nitrogen and oxygen atoms in total. The summed E-state index contributed by atoms with van der Waals surface area (Å²) in [6.45, 7) is 0.529. The van der Waals surface area contributed by atoms with Crippen LogP contribution in [0.25, 0.3) is 16.7 Å². The number of halogens is 1. The number of aliphatic hydroxyl groups is 1. The largest absolute Gasteiger partial charge is 0.389 e. The molecular formula is C21H19FN4O3. The number of rotatable bonds is 7. The zero-order valence-corrected chi connectivity index (χ0v) is 15.5. The first-order valence-corrected chi connectivity index (χ1v) is 9.10. The van der Waals surface area contributed by atoms with Crippen molar-refractivity contribution in [2.24, 2.45) is 0 Å². The Kier molecular flexibility index (Phi) is 5.46. The molecule has 0 saturated carbocycles. The maximum Gasteiger partial charge on any atom is 0.264 e. The molecule has 0 radical (unpaired) electrons. The molecule has 0 aliphatic heterocycles. The van der Waals surface area contributed by atoms with Gasteiger partial charge >= 0.3 is 0 Å². The molecule has 8 heteroatoms. The maximum absolute atomic E-state index is 13.1. The lowest BCUT2D eigenvalue weighted by Crippen LogP contribution is -2.29. The predicted molar refractivity (Wildman–Crippen MR) is 105 cm³/mol. The summed E-state index contributed by atoms with van der Waals surface area (Å²) in [6, 6.07) is 15.4. The minimum Gasteiger partial charge on any atom is -0.389 e. The molecule has 29 heavy (non-hydrogen) atoms. The number of aliphatic hydroxyl groups excluding tert-OH is 1. The van der Waals surface area contributed by atoms with Crippen molar-refractivity contribution in [1.29, 1.82) is 0 Å². The van der Waals surface area contributed by atoms with Gasteiger partial charge in [0.05, 0.1) is 37.7 Å². The minimum absolute atomic E-state index is 0.0539. The first-order valence-electron chi connectivity index (χ1n) is 9.10. The number of nitrogens with zero attached hydrogens (tertiary/aromatic N) is 4. The van der Waals surface area contributed by atoms with Crippen LogP contribution in [0.1, 0.15) is 5.56 Å². The molecule has 0 fully saturated rings. The van der Waals surface area contributed by atoms with Crippen molar-refractivity contribution in [3.8, 4) is 5.69 Å². The van der Waals surface area contributed by atoms with E-state index in [4.69, 9.17) is 4.74 Å². The van der Waals surface area contributed by atoms with E-state index < -0.39 is 6.10 Å². The second-order valence-electron chi connectivity index (χ2n) is 6.63. The first-order chi connectivity index (χ1) is 14.1. The van der Waals surface area contributed by atoms with Gasteiger partial charge in [-0.25, -0.2) is 14.1 Å². The normalized spacial score (nSPS) is 12.3. The lowest BCUT2D eigenvalue weighted by molar-refractivity contribution is 0.0198. The van der Waals surface area contributed by atoms with Crippen LogP contribution in [0.5, 0.6) is 0 Å². The van der Waals surface area contributed by atoms with Gasteiger partial charge in [0.25, 0.3) is 5.56 Å². The number of aromatic nitrogens is 4. The SMILES string of the molecule is O=c1c2cnn(-c3ccc(F)cc3)c2ncn1C[C@@H](O)COCc1ccccc1. The molecular weight excluding hydrogens is 375 g/mol. The quantitative estimate of drug-likeness (QED) is 0.520. The van der Waals surface area contributed by atoms with Gasteiger partial charge in [0.1, 0.15) is 17.5 Å². The zero-order valence-electron chi connectivity index (χ0n) is 15.5. The molecule has 4 rings (SSSR count). The van der Waals surface area contributed by atoms with Gasteiger partial charge in [0.15, 0.2) is 5.65 Å². The molecule has 148 valence electrons. The standard InChI is InChI=1S/C21H19FN4O3/c22-16-6-8-17(9-7-16)26-20-19(10-24-26)21(28)25(14-23-20)11-18(27)13-29-12-15-4-2-1-3-5-15/h1-10,14,18,27H,11-13H2/t18-/m1/s1. The topological polar surface area (TPSA) is 82.2 Å². The average Bonchev–Trinajstić information content (AvgIpc) is 3.16. The summed E-state index contributed by atoms with van der Waals surface area (Å²) in [6.07, 6.45) is 1.93. The predicted octanol–water partition coefficient (Wildman–Crippen LogP) is 2.30. The lowest BCUT2D eigenvalue weighted by atomic mass is 10.2. The van der Waals surface area contributed by atoms with Gasteiger partial charge in [-0.2, -0.15) is 5.10 Å². The molecule has 0 saturated heterocycles. The Balaban J connectivity index is 1.46. The van der Waals surface area contributed by atoms with E-state index in [9.17, 15) is 14.3 Å². The third kappa shape index (κ3) is 4.23. The lowest BCUT2D eigenvalue weighted by Gasteiger charge is -2.13. The monoisotopic (exact) mass is 394 g/mol. The van der Waals surface area contributed by atoms with E-state index in [1.54, 1.807) is 12.1 Å². The fourth-order valence-electron chi connectivity index (χ4n) is 3.02. The number of fused-ring (bicyclic) bond motifs is 1. The van der Waals surface area contributed by atoms with Gasteiger partial charge in [-0.15, -0.1) is 0 Å². The van der Waals surface area contributed by atoms with Crippen LogP contribution in [0, 0.1) is 5.82 Å². The van der Waals surface area contributed by atoms with Crippen LogP contribution in [-0.2, 0) is 17.9 Å². The molecule has 2 aromatic carbocycles. The van der Waals surface area contributed by atoms with E-state index in [1.165, 1.54) is 33.9 Å². The van der Waals surface area contributed by atoms with Crippen LogP contribution < -0.4 is 5.56 Å². The summed E-state index contributed by atoms with van der Waals surface area (Å²) in [4.78, 5) is 17.0. The smallest absolute Gasteiger partial charge is 0.264 e. The highest BCUT2D eigenvalue weighted by molar-refractivity contribution is 5.74. The average molecular weight is 394 g/mol. The number of hydrogen-bond acceptors (Lipinski definition) is 5. The molecule has 0 spiro atoms. The first kappa shape index (κ1) is 19.0. The molecule has 2 aromatic heterocycles. The van der Waals surface area contributed by atoms with Crippen LogP contribution >= 0.6 is 0 Å². The molecule has 1 atom stereocenters. The third-order valence-electron chi connectivity index (χ3n) is 4.45. The minimum atomic E-state index is -0.859. The van der Waals surface area contributed by atoms with Gasteiger partial charge in [-0.1, -0.05) is 30.3 Å². The second-order valence-corrected chi connectivity index (χ2v) is 6.63. The Morgan fingerprint density at radius 2 is 1.86 bits per heavy atom. The molecule has 2 heterocycles. The van der Waals surface area contributed by atoms with Gasteiger partial charge < -0.3 is 9.84 Å². The molecule has 0 aliphatic rings. The summed E-state index contributed by atoms with van der Waals surface area (Å²) >= 11 is 0. The molecule has 0 aliphatic carbocycles. The third-order valence-corrected chi connectivity index (χ3v) is 4.45. The Hall–Kier alpha value is -3.36. The van der Waals surface area contributed by atoms with Gasteiger partial charge in [0.2, 0.25) is 0 Å². The van der Waals surface area contributed by atoms with Crippen molar-refractivity contribution < 1.29 is 14.2 Å². The molecule has 4 aromatic rings. The van der Waals surface area contributed by atoms with Gasteiger partial charge in [-0.3, -0.25) is 9.36 Å². The van der Waals surface area contributed by atoms with Crippen LogP contribution in [0.4, 0.5) is 4.39 Å². The summed E-state index contributed by atoms with van der Waals surface area (Å²) in [5.74, 6) is -0.357. The van der Waals surface area contributed by atoms with E-state index in [1.807, 2.05) is 30.3 Å². The fraction of sp³-hybridized carbons (Fsp3) is 0.190. The van der Waals surface area contributed by atoms with E-state index >= 15 is 0 Å². The highest BCUT2D eigenvalue weighted by Gasteiger charge is 2.14. The van der Waals surface area contributed by atoms with Gasteiger partial charge in [0, 0.05) is 0 Å². The molecule has 0 bridgehead atoms. The fourth-order valence-corrected chi connectivity index (χ4v) is 3.02. The van der Waals surface area contributed by atoms with E-state index in [-0.39, 0.29) is 24.5 Å². The van der Waals surface area contributed by atoms with Crippen LogP contribution in [0.2, 0.25) is 0 Å². The highest BCUT2D eigenvalue weighted by Crippen LogP contribution is 2.14. The van der Waals surface area contributed by atoms with Gasteiger partial charge in [-0.05, 0) is 29.8 Å². The van der Waals surface area contributed by atoms with Crippen LogP contribution in [0.15, 0.2) is 71.9 Å². The number of hydrogen-bond donors (Lipinski definition) is 1. The van der Waals surface area contributed by atoms with Crippen molar-refractivity contribution in [3.63, 3.8) is 0 Å². The maximum atomic E-state index is 13.1. The molecule has 1 N–H and O–H groups in total. The van der Waals surface area contributed by atoms with Crippen molar-refractivity contribution in [2.75, 3.05) is 6.61 Å².